The monoisotopic (exact) mass is 173 g/mol. The molecule has 0 aliphatic heterocycles. The first-order valence-corrected chi connectivity index (χ1v) is 4.67. The fourth-order valence-electron chi connectivity index (χ4n) is 0.770. The van der Waals surface area contributed by atoms with Gasteiger partial charge in [0.25, 0.3) is 0 Å². The Hall–Kier alpha value is -0.570. The van der Waals surface area contributed by atoms with E-state index in [4.69, 9.17) is 4.74 Å². The number of hydrogen-bond acceptors (Lipinski definition) is 3. The van der Waals surface area contributed by atoms with Gasteiger partial charge < -0.3 is 10.1 Å². The van der Waals surface area contributed by atoms with Gasteiger partial charge in [-0.3, -0.25) is 4.79 Å². The zero-order valence-electron chi connectivity index (χ0n) is 8.06. The molecule has 0 spiro atoms. The molecule has 0 atom stereocenters. The van der Waals surface area contributed by atoms with Crippen LogP contribution in [0.2, 0.25) is 0 Å². The summed E-state index contributed by atoms with van der Waals surface area (Å²) in [7, 11) is 0. The minimum atomic E-state index is -0.0931. The highest BCUT2D eigenvalue weighted by atomic mass is 16.5. The van der Waals surface area contributed by atoms with Gasteiger partial charge in [0, 0.05) is 6.54 Å². The highest BCUT2D eigenvalue weighted by Crippen LogP contribution is 1.90. The van der Waals surface area contributed by atoms with Crippen molar-refractivity contribution in [3.63, 3.8) is 0 Å². The van der Waals surface area contributed by atoms with Crippen LogP contribution in [0.4, 0.5) is 0 Å². The van der Waals surface area contributed by atoms with Crippen LogP contribution in [0.5, 0.6) is 0 Å². The molecule has 3 nitrogen and oxygen atoms in total. The molecular formula is C9H19NO2. The lowest BCUT2D eigenvalue weighted by atomic mass is 10.3. The summed E-state index contributed by atoms with van der Waals surface area (Å²) in [6.45, 7) is 6.29. The quantitative estimate of drug-likeness (QED) is 0.466. The van der Waals surface area contributed by atoms with Crippen LogP contribution >= 0.6 is 0 Å². The number of ether oxygens (including phenoxy) is 1. The average Bonchev–Trinajstić information content (AvgIpc) is 2.06. The molecule has 0 aromatic rings. The second-order valence-electron chi connectivity index (χ2n) is 2.68. The molecule has 0 aromatic carbocycles. The Morgan fingerprint density at radius 3 is 2.75 bits per heavy atom. The molecular weight excluding hydrogens is 154 g/mol. The van der Waals surface area contributed by atoms with Gasteiger partial charge in [0.15, 0.2) is 0 Å². The van der Waals surface area contributed by atoms with Crippen molar-refractivity contribution in [3.8, 4) is 0 Å². The van der Waals surface area contributed by atoms with Crippen molar-refractivity contribution < 1.29 is 9.53 Å². The van der Waals surface area contributed by atoms with E-state index in [1.54, 1.807) is 0 Å². The van der Waals surface area contributed by atoms with Crippen LogP contribution in [0.25, 0.3) is 0 Å². The van der Waals surface area contributed by atoms with E-state index in [2.05, 4.69) is 12.2 Å². The Kier molecular flexibility index (Phi) is 8.12. The van der Waals surface area contributed by atoms with Crippen LogP contribution in [0.3, 0.4) is 0 Å². The third kappa shape index (κ3) is 7.54. The third-order valence-corrected chi connectivity index (χ3v) is 1.52. The maximum atomic E-state index is 10.9. The largest absolute Gasteiger partial charge is 0.466 e. The van der Waals surface area contributed by atoms with E-state index in [0.29, 0.717) is 13.0 Å². The number of carbonyl (C=O) groups excluding carboxylic acids is 1. The van der Waals surface area contributed by atoms with Crippen LogP contribution in [0, 0.1) is 0 Å². The van der Waals surface area contributed by atoms with E-state index in [1.807, 2.05) is 6.92 Å². The van der Waals surface area contributed by atoms with Crippen molar-refractivity contribution in [2.45, 2.75) is 33.1 Å². The molecule has 3 heteroatoms. The minimum absolute atomic E-state index is 0.0931. The SMILES string of the molecule is CCCCOC(=O)CCNCC. The molecule has 0 saturated carbocycles. The summed E-state index contributed by atoms with van der Waals surface area (Å²) in [4.78, 5) is 10.9. The first-order valence-electron chi connectivity index (χ1n) is 4.67. The first-order chi connectivity index (χ1) is 5.81. The summed E-state index contributed by atoms with van der Waals surface area (Å²) < 4.78 is 4.95. The number of nitrogens with one attached hydrogen (secondary N) is 1. The molecule has 12 heavy (non-hydrogen) atoms. The topological polar surface area (TPSA) is 38.3 Å². The Bertz CT molecular complexity index is 103. The molecule has 0 heterocycles. The molecule has 0 amide bonds. The third-order valence-electron chi connectivity index (χ3n) is 1.52. The molecule has 0 fully saturated rings. The van der Waals surface area contributed by atoms with Gasteiger partial charge in [-0.15, -0.1) is 0 Å². The van der Waals surface area contributed by atoms with Gasteiger partial charge in [0.2, 0.25) is 0 Å². The van der Waals surface area contributed by atoms with Crippen molar-refractivity contribution in [2.24, 2.45) is 0 Å². The molecule has 0 bridgehead atoms. The van der Waals surface area contributed by atoms with Crippen molar-refractivity contribution in [3.05, 3.63) is 0 Å². The van der Waals surface area contributed by atoms with E-state index in [9.17, 15) is 4.79 Å². The van der Waals surface area contributed by atoms with Crippen molar-refractivity contribution in [1.29, 1.82) is 0 Å². The van der Waals surface area contributed by atoms with Crippen molar-refractivity contribution in [1.82, 2.24) is 5.32 Å². The molecule has 72 valence electrons. The summed E-state index contributed by atoms with van der Waals surface area (Å²) in [5.41, 5.74) is 0. The number of rotatable bonds is 7. The normalized spacial score (nSPS) is 9.83. The number of esters is 1. The second-order valence-corrected chi connectivity index (χ2v) is 2.68. The Morgan fingerprint density at radius 1 is 1.42 bits per heavy atom. The first kappa shape index (κ1) is 11.4. The Morgan fingerprint density at radius 2 is 2.17 bits per heavy atom. The summed E-state index contributed by atoms with van der Waals surface area (Å²) in [6.07, 6.45) is 2.52. The molecule has 0 rings (SSSR count). The fraction of sp³-hybridized carbons (Fsp3) is 0.889. The lowest BCUT2D eigenvalue weighted by molar-refractivity contribution is -0.143. The molecule has 1 N–H and O–H groups in total. The summed E-state index contributed by atoms with van der Waals surface area (Å²) >= 11 is 0. The fourth-order valence-corrected chi connectivity index (χ4v) is 0.770. The summed E-state index contributed by atoms with van der Waals surface area (Å²) in [6, 6.07) is 0. The number of hydrogen-bond donors (Lipinski definition) is 1. The minimum Gasteiger partial charge on any atom is -0.466 e. The maximum Gasteiger partial charge on any atom is 0.307 e. The van der Waals surface area contributed by atoms with Gasteiger partial charge >= 0.3 is 5.97 Å². The van der Waals surface area contributed by atoms with Gasteiger partial charge in [0.1, 0.15) is 0 Å². The van der Waals surface area contributed by atoms with Gasteiger partial charge in [0.05, 0.1) is 13.0 Å². The average molecular weight is 173 g/mol. The number of unbranched alkanes of at least 4 members (excludes halogenated alkanes) is 1. The van der Waals surface area contributed by atoms with Gasteiger partial charge in [-0.2, -0.15) is 0 Å². The molecule has 0 radical (unpaired) electrons. The zero-order valence-corrected chi connectivity index (χ0v) is 8.06. The molecule has 0 aliphatic rings. The maximum absolute atomic E-state index is 10.9. The van der Waals surface area contributed by atoms with Crippen molar-refractivity contribution >= 4 is 5.97 Å². The van der Waals surface area contributed by atoms with Gasteiger partial charge in [-0.05, 0) is 13.0 Å². The van der Waals surface area contributed by atoms with Crippen LogP contribution in [0.15, 0.2) is 0 Å². The standard InChI is InChI=1S/C9H19NO2/c1-3-5-8-12-9(11)6-7-10-4-2/h10H,3-8H2,1-2H3. The lowest BCUT2D eigenvalue weighted by Gasteiger charge is -2.03. The van der Waals surface area contributed by atoms with Crippen molar-refractivity contribution in [2.75, 3.05) is 19.7 Å². The lowest BCUT2D eigenvalue weighted by Crippen LogP contribution is -2.18. The van der Waals surface area contributed by atoms with Crippen LogP contribution in [-0.4, -0.2) is 25.7 Å². The van der Waals surface area contributed by atoms with Crippen LogP contribution < -0.4 is 5.32 Å². The molecule has 0 aromatic heterocycles. The zero-order chi connectivity index (χ0) is 9.23. The van der Waals surface area contributed by atoms with Crippen LogP contribution in [-0.2, 0) is 9.53 Å². The highest BCUT2D eigenvalue weighted by molar-refractivity contribution is 5.69. The van der Waals surface area contributed by atoms with E-state index in [0.717, 1.165) is 25.9 Å². The van der Waals surface area contributed by atoms with Crippen LogP contribution in [0.1, 0.15) is 33.1 Å². The van der Waals surface area contributed by atoms with Gasteiger partial charge in [-0.25, -0.2) is 0 Å². The van der Waals surface area contributed by atoms with E-state index in [1.165, 1.54) is 0 Å². The Balaban J connectivity index is 3.10. The highest BCUT2D eigenvalue weighted by Gasteiger charge is 1.99. The number of carbonyl (C=O) groups is 1. The van der Waals surface area contributed by atoms with Gasteiger partial charge in [-0.1, -0.05) is 20.3 Å². The van der Waals surface area contributed by atoms with E-state index < -0.39 is 0 Å². The van der Waals surface area contributed by atoms with E-state index >= 15 is 0 Å². The summed E-state index contributed by atoms with van der Waals surface area (Å²) in [5.74, 6) is -0.0931. The molecule has 0 saturated heterocycles. The summed E-state index contributed by atoms with van der Waals surface area (Å²) in [5, 5.41) is 3.07. The Labute approximate surface area is 74.5 Å². The second kappa shape index (κ2) is 8.53. The predicted octanol–water partition coefficient (Wildman–Crippen LogP) is 1.33. The smallest absolute Gasteiger partial charge is 0.307 e. The predicted molar refractivity (Wildman–Crippen MR) is 49.0 cm³/mol. The van der Waals surface area contributed by atoms with E-state index in [-0.39, 0.29) is 5.97 Å². The molecule has 0 aliphatic carbocycles. The molecule has 0 unspecified atom stereocenters.